The highest BCUT2D eigenvalue weighted by Gasteiger charge is 2.33. The molecule has 0 N–H and O–H groups in total. The van der Waals surface area contributed by atoms with Gasteiger partial charge < -0.3 is 14.5 Å². The fourth-order valence-corrected chi connectivity index (χ4v) is 4.10. The predicted molar refractivity (Wildman–Crippen MR) is 106 cm³/mol. The van der Waals surface area contributed by atoms with E-state index in [2.05, 4.69) is 9.97 Å². The third-order valence-electron chi connectivity index (χ3n) is 5.65. The maximum atomic E-state index is 13.0. The van der Waals surface area contributed by atoms with Gasteiger partial charge in [0.2, 0.25) is 0 Å². The van der Waals surface area contributed by atoms with Gasteiger partial charge in [0.15, 0.2) is 5.65 Å². The Bertz CT molecular complexity index is 1060. The third kappa shape index (κ3) is 3.20. The Morgan fingerprint density at radius 2 is 1.86 bits per heavy atom. The number of rotatable bonds is 3. The molecule has 29 heavy (non-hydrogen) atoms. The van der Waals surface area contributed by atoms with Crippen molar-refractivity contribution in [1.82, 2.24) is 24.3 Å². The van der Waals surface area contributed by atoms with Gasteiger partial charge in [0.25, 0.3) is 5.91 Å². The molecule has 0 radical (unpaired) electrons. The second-order valence-electron chi connectivity index (χ2n) is 7.35. The van der Waals surface area contributed by atoms with Crippen LogP contribution in [0.3, 0.4) is 0 Å². The van der Waals surface area contributed by atoms with Crippen LogP contribution in [0.5, 0.6) is 0 Å². The highest BCUT2D eigenvalue weighted by Crippen LogP contribution is 2.22. The largest absolute Gasteiger partial charge is 0.448 e. The minimum Gasteiger partial charge on any atom is -0.448 e. The van der Waals surface area contributed by atoms with E-state index in [4.69, 9.17) is 4.74 Å². The fraction of sp³-hybridized carbons (Fsp3) is 0.333. The van der Waals surface area contributed by atoms with Crippen molar-refractivity contribution in [1.29, 1.82) is 0 Å². The number of para-hydroxylation sites is 1. The van der Waals surface area contributed by atoms with Crippen LogP contribution in [-0.4, -0.2) is 68.6 Å². The van der Waals surface area contributed by atoms with Crippen molar-refractivity contribution >= 4 is 23.2 Å². The molecule has 0 atom stereocenters. The first-order valence-electron chi connectivity index (χ1n) is 9.82. The number of ether oxygens (including phenoxy) is 1. The van der Waals surface area contributed by atoms with Crippen LogP contribution in [-0.2, 0) is 4.74 Å². The summed E-state index contributed by atoms with van der Waals surface area (Å²) in [5, 5.41) is 0. The normalized spacial score (nSPS) is 17.7. The van der Waals surface area contributed by atoms with Gasteiger partial charge in [-0.15, -0.1) is 0 Å². The molecule has 1 aromatic carbocycles. The molecule has 8 nitrogen and oxygen atoms in total. The minimum absolute atomic E-state index is 0.0453. The zero-order chi connectivity index (χ0) is 19.8. The number of benzene rings is 1. The quantitative estimate of drug-likeness (QED) is 0.685. The molecule has 2 amide bonds. The Labute approximate surface area is 167 Å². The fourth-order valence-electron chi connectivity index (χ4n) is 4.10. The lowest BCUT2D eigenvalue weighted by Crippen LogP contribution is -2.47. The Kier molecular flexibility index (Phi) is 4.38. The number of piperidine rings is 1. The summed E-state index contributed by atoms with van der Waals surface area (Å²) in [7, 11) is 0. The van der Waals surface area contributed by atoms with Crippen molar-refractivity contribution < 1.29 is 14.3 Å². The van der Waals surface area contributed by atoms with E-state index in [-0.39, 0.29) is 18.0 Å². The predicted octanol–water partition coefficient (Wildman–Crippen LogP) is 2.48. The summed E-state index contributed by atoms with van der Waals surface area (Å²) in [6.45, 7) is 2.33. The topological polar surface area (TPSA) is 80.6 Å². The number of carbonyl (C=O) groups is 2. The van der Waals surface area contributed by atoms with E-state index in [1.54, 1.807) is 23.5 Å². The molecule has 4 heterocycles. The molecule has 0 saturated carbocycles. The smallest absolute Gasteiger partial charge is 0.410 e. The minimum atomic E-state index is -0.238. The Hall–Kier alpha value is -3.42. The van der Waals surface area contributed by atoms with E-state index < -0.39 is 0 Å². The molecule has 148 valence electrons. The molecule has 2 fully saturated rings. The number of cyclic esters (lactones) is 1. The van der Waals surface area contributed by atoms with Gasteiger partial charge in [-0.05, 0) is 31.0 Å². The van der Waals surface area contributed by atoms with Gasteiger partial charge in [0, 0.05) is 31.0 Å². The highest BCUT2D eigenvalue weighted by atomic mass is 16.6. The van der Waals surface area contributed by atoms with Gasteiger partial charge in [-0.25, -0.2) is 14.8 Å². The number of fused-ring (bicyclic) bond motifs is 1. The van der Waals surface area contributed by atoms with Crippen molar-refractivity contribution in [2.24, 2.45) is 0 Å². The SMILES string of the molecule is O=C(c1cnc2c(c1)ncn2-c1ccccc1)N1CCC(N2CCOC2=O)CC1. The number of aromatic nitrogens is 3. The summed E-state index contributed by atoms with van der Waals surface area (Å²) in [6.07, 6.45) is 4.63. The van der Waals surface area contributed by atoms with Gasteiger partial charge in [-0.2, -0.15) is 0 Å². The average Bonchev–Trinajstić information content (AvgIpc) is 3.39. The van der Waals surface area contributed by atoms with Crippen LogP contribution < -0.4 is 0 Å². The van der Waals surface area contributed by atoms with Crippen LogP contribution in [0.25, 0.3) is 16.9 Å². The van der Waals surface area contributed by atoms with E-state index in [9.17, 15) is 9.59 Å². The first kappa shape index (κ1) is 17.7. The number of hydrogen-bond acceptors (Lipinski definition) is 5. The third-order valence-corrected chi connectivity index (χ3v) is 5.65. The van der Waals surface area contributed by atoms with Gasteiger partial charge in [-0.3, -0.25) is 9.36 Å². The number of pyridine rings is 1. The number of nitrogens with zero attached hydrogens (tertiary/aromatic N) is 5. The zero-order valence-corrected chi connectivity index (χ0v) is 15.9. The Morgan fingerprint density at radius 3 is 2.59 bits per heavy atom. The molecular formula is C21H21N5O3. The number of amides is 2. The summed E-state index contributed by atoms with van der Waals surface area (Å²) in [5.41, 5.74) is 2.92. The van der Waals surface area contributed by atoms with Crippen LogP contribution >= 0.6 is 0 Å². The number of likely N-dealkylation sites (tertiary alicyclic amines) is 1. The molecule has 2 aromatic heterocycles. The molecule has 5 rings (SSSR count). The van der Waals surface area contributed by atoms with E-state index in [1.165, 1.54) is 0 Å². The summed E-state index contributed by atoms with van der Waals surface area (Å²) < 4.78 is 6.93. The lowest BCUT2D eigenvalue weighted by Gasteiger charge is -2.35. The van der Waals surface area contributed by atoms with Gasteiger partial charge >= 0.3 is 6.09 Å². The molecular weight excluding hydrogens is 370 g/mol. The van der Waals surface area contributed by atoms with E-state index in [1.807, 2.05) is 39.8 Å². The molecule has 2 saturated heterocycles. The van der Waals surface area contributed by atoms with Crippen LogP contribution in [0.4, 0.5) is 4.79 Å². The first-order valence-corrected chi connectivity index (χ1v) is 9.82. The average molecular weight is 391 g/mol. The second-order valence-corrected chi connectivity index (χ2v) is 7.35. The van der Waals surface area contributed by atoms with Crippen molar-refractivity contribution in [2.75, 3.05) is 26.2 Å². The monoisotopic (exact) mass is 391 g/mol. The molecule has 0 aliphatic carbocycles. The molecule has 0 bridgehead atoms. The number of imidazole rings is 1. The molecule has 2 aliphatic rings. The molecule has 8 heteroatoms. The van der Waals surface area contributed by atoms with E-state index in [0.29, 0.717) is 37.3 Å². The number of carbonyl (C=O) groups excluding carboxylic acids is 2. The molecule has 0 unspecified atom stereocenters. The van der Waals surface area contributed by atoms with E-state index in [0.717, 1.165) is 24.2 Å². The van der Waals surface area contributed by atoms with Crippen molar-refractivity contribution in [3.8, 4) is 5.69 Å². The first-order chi connectivity index (χ1) is 14.2. The summed E-state index contributed by atoms with van der Waals surface area (Å²) >= 11 is 0. The lowest BCUT2D eigenvalue weighted by molar-refractivity contribution is 0.0658. The lowest BCUT2D eigenvalue weighted by atomic mass is 10.0. The molecule has 0 spiro atoms. The van der Waals surface area contributed by atoms with Crippen molar-refractivity contribution in [2.45, 2.75) is 18.9 Å². The van der Waals surface area contributed by atoms with Gasteiger partial charge in [0.05, 0.1) is 12.1 Å². The standard InChI is InChI=1S/C21H21N5O3/c27-20(24-8-6-17(7-9-24)25-10-11-29-21(25)28)15-12-18-19(22-13-15)26(14-23-18)16-4-2-1-3-5-16/h1-5,12-14,17H,6-11H2. The molecule has 3 aromatic rings. The molecule has 2 aliphatic heterocycles. The zero-order valence-electron chi connectivity index (χ0n) is 15.9. The highest BCUT2D eigenvalue weighted by molar-refractivity contribution is 5.96. The van der Waals surface area contributed by atoms with Gasteiger partial charge in [-0.1, -0.05) is 18.2 Å². The Morgan fingerprint density at radius 1 is 1.07 bits per heavy atom. The van der Waals surface area contributed by atoms with Gasteiger partial charge in [0.1, 0.15) is 18.5 Å². The van der Waals surface area contributed by atoms with Crippen LogP contribution in [0.15, 0.2) is 48.9 Å². The van der Waals surface area contributed by atoms with Crippen LogP contribution in [0.2, 0.25) is 0 Å². The second kappa shape index (κ2) is 7.20. The van der Waals surface area contributed by atoms with E-state index >= 15 is 0 Å². The maximum absolute atomic E-state index is 13.0. The summed E-state index contributed by atoms with van der Waals surface area (Å²) in [4.78, 5) is 37.2. The van der Waals surface area contributed by atoms with Crippen LogP contribution in [0, 0.1) is 0 Å². The van der Waals surface area contributed by atoms with Crippen molar-refractivity contribution in [3.63, 3.8) is 0 Å². The summed E-state index contributed by atoms with van der Waals surface area (Å²) in [6, 6.07) is 11.8. The summed E-state index contributed by atoms with van der Waals surface area (Å²) in [5.74, 6) is -0.0453. The Balaban J connectivity index is 1.31. The maximum Gasteiger partial charge on any atom is 0.410 e. The van der Waals surface area contributed by atoms with Crippen LogP contribution in [0.1, 0.15) is 23.2 Å². The van der Waals surface area contributed by atoms with Crippen molar-refractivity contribution in [3.05, 3.63) is 54.5 Å². The number of hydrogen-bond donors (Lipinski definition) is 0.